The fourth-order valence-electron chi connectivity index (χ4n) is 3.27. The smallest absolute Gasteiger partial charge is 0.243 e. The Morgan fingerprint density at radius 3 is 2.69 bits per heavy atom. The number of amides is 2. The van der Waals surface area contributed by atoms with Gasteiger partial charge >= 0.3 is 0 Å². The highest BCUT2D eigenvalue weighted by Gasteiger charge is 2.20. The Balaban J connectivity index is 1.44. The van der Waals surface area contributed by atoms with Gasteiger partial charge in [-0.2, -0.15) is 0 Å². The number of hydrogen-bond acceptors (Lipinski definition) is 3. The average Bonchev–Trinajstić information content (AvgIpc) is 3.08. The number of hydrogen-bond donors (Lipinski definition) is 1. The number of benzene rings is 2. The zero-order chi connectivity index (χ0) is 17.9. The van der Waals surface area contributed by atoms with E-state index in [9.17, 15) is 9.59 Å². The normalized spacial score (nSPS) is 14.6. The van der Waals surface area contributed by atoms with Gasteiger partial charge < -0.3 is 10.2 Å². The lowest BCUT2D eigenvalue weighted by molar-refractivity contribution is -0.136. The number of para-hydroxylation sites is 2. The van der Waals surface area contributed by atoms with E-state index in [-0.39, 0.29) is 18.4 Å². The summed E-state index contributed by atoms with van der Waals surface area (Å²) in [5.74, 6) is -0.102. The lowest BCUT2D eigenvalue weighted by Crippen LogP contribution is -2.40. The molecule has 0 radical (unpaired) electrons. The summed E-state index contributed by atoms with van der Waals surface area (Å²) >= 11 is 0. The second-order valence-corrected chi connectivity index (χ2v) is 6.47. The highest BCUT2D eigenvalue weighted by molar-refractivity contribution is 5.94. The van der Waals surface area contributed by atoms with Gasteiger partial charge in [-0.3, -0.25) is 14.2 Å². The minimum absolute atomic E-state index is 0.0636. The standard InChI is InChI=1S/C20H20N4O2/c25-19(13-23-12-4-3-7-20(23)26)22-15-8-10-16(11-9-15)24-14-21-17-5-1-2-6-18(17)24/h1-2,5-6,8-11,14H,3-4,7,12-13H2,(H,22,25). The Labute approximate surface area is 151 Å². The van der Waals surface area contributed by atoms with Crippen LogP contribution in [0.2, 0.25) is 0 Å². The Hall–Kier alpha value is -3.15. The van der Waals surface area contributed by atoms with E-state index in [1.807, 2.05) is 53.1 Å². The molecule has 6 heteroatoms. The number of imidazole rings is 1. The van der Waals surface area contributed by atoms with Gasteiger partial charge in [-0.1, -0.05) is 12.1 Å². The topological polar surface area (TPSA) is 67.2 Å². The molecule has 3 aromatic rings. The van der Waals surface area contributed by atoms with E-state index in [2.05, 4.69) is 10.3 Å². The van der Waals surface area contributed by atoms with Crippen molar-refractivity contribution in [3.05, 3.63) is 54.9 Å². The van der Waals surface area contributed by atoms with E-state index < -0.39 is 0 Å². The highest BCUT2D eigenvalue weighted by Crippen LogP contribution is 2.19. The molecule has 1 aromatic heterocycles. The first kappa shape index (κ1) is 16.3. The van der Waals surface area contributed by atoms with E-state index in [4.69, 9.17) is 0 Å². The predicted octanol–water partition coefficient (Wildman–Crippen LogP) is 2.98. The predicted molar refractivity (Wildman–Crippen MR) is 100 cm³/mol. The van der Waals surface area contributed by atoms with Gasteiger partial charge in [0.25, 0.3) is 0 Å². The van der Waals surface area contributed by atoms with Gasteiger partial charge in [0, 0.05) is 24.3 Å². The summed E-state index contributed by atoms with van der Waals surface area (Å²) in [6.45, 7) is 0.783. The molecule has 0 saturated carbocycles. The lowest BCUT2D eigenvalue weighted by Gasteiger charge is -2.25. The second kappa shape index (κ2) is 7.00. The van der Waals surface area contributed by atoms with E-state index in [0.29, 0.717) is 18.7 Å². The molecular weight excluding hydrogens is 328 g/mol. The van der Waals surface area contributed by atoms with Gasteiger partial charge in [0.05, 0.1) is 17.6 Å². The molecule has 2 aromatic carbocycles. The van der Waals surface area contributed by atoms with Crippen molar-refractivity contribution >= 4 is 28.5 Å². The summed E-state index contributed by atoms with van der Waals surface area (Å²) in [6, 6.07) is 15.5. The van der Waals surface area contributed by atoms with Gasteiger partial charge in [-0.25, -0.2) is 4.98 Å². The molecule has 0 spiro atoms. The van der Waals surface area contributed by atoms with Crippen LogP contribution < -0.4 is 5.32 Å². The molecule has 26 heavy (non-hydrogen) atoms. The van der Waals surface area contributed by atoms with Crippen molar-refractivity contribution in [1.29, 1.82) is 0 Å². The Morgan fingerprint density at radius 1 is 1.08 bits per heavy atom. The molecule has 1 N–H and O–H groups in total. The molecule has 132 valence electrons. The summed E-state index contributed by atoms with van der Waals surface area (Å²) < 4.78 is 2.01. The number of carbonyl (C=O) groups is 2. The Kier molecular flexibility index (Phi) is 4.39. The number of rotatable bonds is 4. The number of nitrogens with zero attached hydrogens (tertiary/aromatic N) is 3. The van der Waals surface area contributed by atoms with Gasteiger partial charge in [0.1, 0.15) is 6.33 Å². The van der Waals surface area contributed by atoms with Crippen molar-refractivity contribution in [3.8, 4) is 5.69 Å². The van der Waals surface area contributed by atoms with Crippen LogP contribution in [0, 0.1) is 0 Å². The van der Waals surface area contributed by atoms with Gasteiger partial charge in [0.2, 0.25) is 11.8 Å². The third-order valence-corrected chi connectivity index (χ3v) is 4.64. The van der Waals surface area contributed by atoms with Crippen molar-refractivity contribution in [2.45, 2.75) is 19.3 Å². The highest BCUT2D eigenvalue weighted by atomic mass is 16.2. The molecule has 2 amide bonds. The number of likely N-dealkylation sites (tertiary alicyclic amines) is 1. The largest absolute Gasteiger partial charge is 0.333 e. The first-order chi connectivity index (χ1) is 12.7. The van der Waals surface area contributed by atoms with Crippen LogP contribution in [0.1, 0.15) is 19.3 Å². The number of carbonyl (C=O) groups excluding carboxylic acids is 2. The van der Waals surface area contributed by atoms with Crippen LogP contribution in [0.25, 0.3) is 16.7 Å². The first-order valence-electron chi connectivity index (χ1n) is 8.81. The molecule has 1 aliphatic rings. The minimum atomic E-state index is -0.166. The number of piperidine rings is 1. The lowest BCUT2D eigenvalue weighted by atomic mass is 10.1. The van der Waals surface area contributed by atoms with E-state index in [1.165, 1.54) is 0 Å². The maximum Gasteiger partial charge on any atom is 0.243 e. The van der Waals surface area contributed by atoms with Crippen molar-refractivity contribution in [3.63, 3.8) is 0 Å². The molecule has 0 unspecified atom stereocenters. The summed E-state index contributed by atoms with van der Waals surface area (Å²) in [7, 11) is 0. The van der Waals surface area contributed by atoms with Gasteiger partial charge in [-0.15, -0.1) is 0 Å². The fourth-order valence-corrected chi connectivity index (χ4v) is 3.27. The van der Waals surface area contributed by atoms with Crippen molar-refractivity contribution in [2.24, 2.45) is 0 Å². The summed E-state index contributed by atoms with van der Waals surface area (Å²) in [6.07, 6.45) is 4.22. The maximum absolute atomic E-state index is 12.2. The van der Waals surface area contributed by atoms with Crippen LogP contribution in [0.4, 0.5) is 5.69 Å². The monoisotopic (exact) mass is 348 g/mol. The van der Waals surface area contributed by atoms with Crippen molar-refractivity contribution < 1.29 is 9.59 Å². The summed E-state index contributed by atoms with van der Waals surface area (Å²) in [5.41, 5.74) is 3.67. The minimum Gasteiger partial charge on any atom is -0.333 e. The average molecular weight is 348 g/mol. The molecular formula is C20H20N4O2. The number of anilines is 1. The van der Waals surface area contributed by atoms with Crippen molar-refractivity contribution in [1.82, 2.24) is 14.5 Å². The van der Waals surface area contributed by atoms with E-state index in [0.717, 1.165) is 29.6 Å². The van der Waals surface area contributed by atoms with E-state index >= 15 is 0 Å². The van der Waals surface area contributed by atoms with Crippen molar-refractivity contribution in [2.75, 3.05) is 18.4 Å². The van der Waals surface area contributed by atoms with Crippen LogP contribution >= 0.6 is 0 Å². The Morgan fingerprint density at radius 2 is 1.88 bits per heavy atom. The fraction of sp³-hybridized carbons (Fsp3) is 0.250. The van der Waals surface area contributed by atoms with Crippen LogP contribution in [0.5, 0.6) is 0 Å². The summed E-state index contributed by atoms with van der Waals surface area (Å²) in [4.78, 5) is 30.0. The number of nitrogens with one attached hydrogen (secondary N) is 1. The van der Waals surface area contributed by atoms with Gasteiger partial charge in [-0.05, 0) is 49.2 Å². The molecule has 0 bridgehead atoms. The molecule has 6 nitrogen and oxygen atoms in total. The second-order valence-electron chi connectivity index (χ2n) is 6.47. The van der Waals surface area contributed by atoms with Crippen LogP contribution in [-0.2, 0) is 9.59 Å². The molecule has 1 fully saturated rings. The van der Waals surface area contributed by atoms with E-state index in [1.54, 1.807) is 11.2 Å². The third kappa shape index (κ3) is 3.31. The van der Waals surface area contributed by atoms with Crippen LogP contribution in [0.15, 0.2) is 54.9 Å². The molecule has 0 aliphatic carbocycles. The van der Waals surface area contributed by atoms with Gasteiger partial charge in [0.15, 0.2) is 0 Å². The zero-order valence-corrected chi connectivity index (χ0v) is 14.4. The number of aromatic nitrogens is 2. The maximum atomic E-state index is 12.2. The quantitative estimate of drug-likeness (QED) is 0.788. The van der Waals surface area contributed by atoms with Crippen LogP contribution in [0.3, 0.4) is 0 Å². The third-order valence-electron chi connectivity index (χ3n) is 4.64. The molecule has 1 saturated heterocycles. The molecule has 4 rings (SSSR count). The SMILES string of the molecule is O=C(CN1CCCCC1=O)Nc1ccc(-n2cnc3ccccc32)cc1. The first-order valence-corrected chi connectivity index (χ1v) is 8.81. The molecule has 0 atom stereocenters. The Bertz CT molecular complexity index is 946. The van der Waals surface area contributed by atoms with Crippen LogP contribution in [-0.4, -0.2) is 39.4 Å². The molecule has 1 aliphatic heterocycles. The molecule has 2 heterocycles. The number of fused-ring (bicyclic) bond motifs is 1. The summed E-state index contributed by atoms with van der Waals surface area (Å²) in [5, 5.41) is 2.86. The zero-order valence-electron chi connectivity index (χ0n) is 14.4.